The maximum absolute atomic E-state index is 13.7. The summed E-state index contributed by atoms with van der Waals surface area (Å²) < 4.78 is 5.31. The van der Waals surface area contributed by atoms with Crippen LogP contribution in [0.4, 0.5) is 0 Å². The number of nitrogens with one attached hydrogen (secondary N) is 1. The molecule has 0 radical (unpaired) electrons. The van der Waals surface area contributed by atoms with Crippen LogP contribution in [0.15, 0.2) is 78.9 Å². The minimum Gasteiger partial charge on any atom is -0.497 e. The molecule has 0 aromatic heterocycles. The van der Waals surface area contributed by atoms with Gasteiger partial charge in [0.2, 0.25) is 5.91 Å². The first-order valence-electron chi connectivity index (χ1n) is 12.3. The summed E-state index contributed by atoms with van der Waals surface area (Å²) in [5.74, 6) is 1.02. The van der Waals surface area contributed by atoms with Gasteiger partial charge >= 0.3 is 0 Å². The van der Waals surface area contributed by atoms with Gasteiger partial charge in [0, 0.05) is 31.2 Å². The van der Waals surface area contributed by atoms with Crippen molar-refractivity contribution < 1.29 is 9.53 Å². The number of hydrogen-bond donors (Lipinski definition) is 1. The van der Waals surface area contributed by atoms with Gasteiger partial charge in [-0.1, -0.05) is 66.2 Å². The van der Waals surface area contributed by atoms with Crippen LogP contribution in [0.25, 0.3) is 0 Å². The Morgan fingerprint density at radius 1 is 0.886 bits per heavy atom. The Kier molecular flexibility index (Phi) is 7.09. The zero-order chi connectivity index (χ0) is 24.3. The Bertz CT molecular complexity index is 1130. The predicted octanol–water partition coefficient (Wildman–Crippen LogP) is 4.88. The smallest absolute Gasteiger partial charge is 0.241 e. The van der Waals surface area contributed by atoms with Gasteiger partial charge in [0.25, 0.3) is 0 Å². The molecule has 1 atom stereocenters. The molecule has 3 aromatic rings. The van der Waals surface area contributed by atoms with Crippen LogP contribution in [0.2, 0.25) is 5.02 Å². The third-order valence-corrected chi connectivity index (χ3v) is 7.56. The number of benzene rings is 3. The van der Waals surface area contributed by atoms with Crippen LogP contribution in [0.1, 0.15) is 29.5 Å². The van der Waals surface area contributed by atoms with Gasteiger partial charge in [-0.3, -0.25) is 15.0 Å². The molecule has 1 N–H and O–H groups in total. The number of ether oxygens (including phenoxy) is 1. The summed E-state index contributed by atoms with van der Waals surface area (Å²) in [6, 6.07) is 26.2. The molecule has 5 nitrogen and oxygen atoms in total. The van der Waals surface area contributed by atoms with E-state index in [1.807, 2.05) is 42.5 Å². The van der Waals surface area contributed by atoms with Crippen molar-refractivity contribution in [1.29, 1.82) is 0 Å². The molecule has 182 valence electrons. The van der Waals surface area contributed by atoms with Gasteiger partial charge in [0.05, 0.1) is 18.8 Å². The number of amides is 1. The van der Waals surface area contributed by atoms with Crippen molar-refractivity contribution in [3.63, 3.8) is 0 Å². The highest BCUT2D eigenvalue weighted by Gasteiger charge is 2.51. The number of nitrogens with zero attached hydrogens (tertiary/aromatic N) is 2. The summed E-state index contributed by atoms with van der Waals surface area (Å²) in [7, 11) is 1.67. The van der Waals surface area contributed by atoms with Crippen molar-refractivity contribution in [3.8, 4) is 5.75 Å². The summed E-state index contributed by atoms with van der Waals surface area (Å²) in [6.07, 6.45) is 2.50. The lowest BCUT2D eigenvalue weighted by Crippen LogP contribution is -2.58. The van der Waals surface area contributed by atoms with Crippen molar-refractivity contribution in [2.24, 2.45) is 0 Å². The second-order valence-electron chi connectivity index (χ2n) is 9.59. The maximum Gasteiger partial charge on any atom is 0.241 e. The SMILES string of the molecule is COc1ccc(CN2C(=O)[C@H](Cc3ccccc3)NC23CCN(Cc2ccc(Cl)cc2)CC3)cc1. The van der Waals surface area contributed by atoms with Gasteiger partial charge in [0.15, 0.2) is 0 Å². The van der Waals surface area contributed by atoms with E-state index in [4.69, 9.17) is 16.3 Å². The highest BCUT2D eigenvalue weighted by Crippen LogP contribution is 2.35. The maximum atomic E-state index is 13.7. The molecule has 2 fully saturated rings. The van der Waals surface area contributed by atoms with Crippen LogP contribution in [0.5, 0.6) is 5.75 Å². The molecule has 5 rings (SSSR count). The average molecular weight is 490 g/mol. The molecular formula is C29H32ClN3O2. The summed E-state index contributed by atoms with van der Waals surface area (Å²) in [4.78, 5) is 18.3. The average Bonchev–Trinajstić information content (AvgIpc) is 3.13. The van der Waals surface area contributed by atoms with Crippen molar-refractivity contribution in [3.05, 3.63) is 101 Å². The van der Waals surface area contributed by atoms with Gasteiger partial charge in [-0.25, -0.2) is 0 Å². The van der Waals surface area contributed by atoms with E-state index in [1.165, 1.54) is 11.1 Å². The summed E-state index contributed by atoms with van der Waals surface area (Å²) in [5.41, 5.74) is 3.23. The fraction of sp³-hybridized carbons (Fsp3) is 0.345. The molecular weight excluding hydrogens is 458 g/mol. The van der Waals surface area contributed by atoms with Crippen molar-refractivity contribution >= 4 is 17.5 Å². The molecule has 0 saturated carbocycles. The molecule has 0 aliphatic carbocycles. The molecule has 0 unspecified atom stereocenters. The fourth-order valence-corrected chi connectivity index (χ4v) is 5.46. The van der Waals surface area contributed by atoms with E-state index >= 15 is 0 Å². The Hall–Kier alpha value is -2.86. The molecule has 6 heteroatoms. The Balaban J connectivity index is 1.33. The Labute approximate surface area is 212 Å². The van der Waals surface area contributed by atoms with E-state index in [9.17, 15) is 4.79 Å². The van der Waals surface area contributed by atoms with E-state index in [1.54, 1.807) is 7.11 Å². The molecule has 3 aromatic carbocycles. The minimum atomic E-state index is -0.326. The van der Waals surface area contributed by atoms with E-state index in [-0.39, 0.29) is 17.6 Å². The van der Waals surface area contributed by atoms with Gasteiger partial charge in [-0.2, -0.15) is 0 Å². The first kappa shape index (κ1) is 23.9. The number of rotatable bonds is 7. The first-order chi connectivity index (χ1) is 17.0. The lowest BCUT2D eigenvalue weighted by atomic mass is 9.94. The topological polar surface area (TPSA) is 44.8 Å². The van der Waals surface area contributed by atoms with Crippen LogP contribution >= 0.6 is 11.6 Å². The molecule has 1 spiro atoms. The normalized spacial score (nSPS) is 19.9. The van der Waals surface area contributed by atoms with E-state index in [2.05, 4.69) is 51.5 Å². The van der Waals surface area contributed by atoms with Crippen LogP contribution in [0.3, 0.4) is 0 Å². The number of hydrogen-bond acceptors (Lipinski definition) is 4. The third-order valence-electron chi connectivity index (χ3n) is 7.31. The second kappa shape index (κ2) is 10.4. The molecule has 2 saturated heterocycles. The van der Waals surface area contributed by atoms with Crippen LogP contribution < -0.4 is 10.1 Å². The molecule has 2 aliphatic heterocycles. The summed E-state index contributed by atoms with van der Waals surface area (Å²) in [6.45, 7) is 3.35. The number of methoxy groups -OCH3 is 1. The number of carbonyl (C=O) groups is 1. The van der Waals surface area contributed by atoms with E-state index < -0.39 is 0 Å². The zero-order valence-corrected chi connectivity index (χ0v) is 20.9. The van der Waals surface area contributed by atoms with Gasteiger partial charge < -0.3 is 9.64 Å². The largest absolute Gasteiger partial charge is 0.497 e. The second-order valence-corrected chi connectivity index (χ2v) is 10.0. The van der Waals surface area contributed by atoms with Crippen LogP contribution in [-0.2, 0) is 24.3 Å². The number of piperidine rings is 1. The van der Waals surface area contributed by atoms with Crippen LogP contribution in [-0.4, -0.2) is 47.6 Å². The first-order valence-corrected chi connectivity index (χ1v) is 12.7. The monoisotopic (exact) mass is 489 g/mol. The molecule has 35 heavy (non-hydrogen) atoms. The quantitative estimate of drug-likeness (QED) is 0.513. The molecule has 1 amide bonds. The van der Waals surface area contributed by atoms with E-state index in [0.29, 0.717) is 13.0 Å². The van der Waals surface area contributed by atoms with Crippen molar-refractivity contribution in [2.75, 3.05) is 20.2 Å². The Morgan fingerprint density at radius 2 is 1.51 bits per heavy atom. The third kappa shape index (κ3) is 5.37. The molecule has 2 aliphatic rings. The standard InChI is InChI=1S/C29H32ClN3O2/c1-35-26-13-9-24(10-14-26)21-33-28(34)27(19-22-5-3-2-4-6-22)31-29(33)15-17-32(18-16-29)20-23-7-11-25(30)12-8-23/h2-14,27,31H,15-21H2,1H3/t27-/m0/s1. The summed E-state index contributed by atoms with van der Waals surface area (Å²) in [5, 5.41) is 4.56. The van der Waals surface area contributed by atoms with Crippen molar-refractivity contribution in [1.82, 2.24) is 15.1 Å². The Morgan fingerprint density at radius 3 is 2.17 bits per heavy atom. The minimum absolute atomic E-state index is 0.191. The van der Waals surface area contributed by atoms with Crippen LogP contribution in [0, 0.1) is 0 Å². The van der Waals surface area contributed by atoms with Gasteiger partial charge in [0.1, 0.15) is 5.75 Å². The summed E-state index contributed by atoms with van der Waals surface area (Å²) >= 11 is 6.05. The number of carbonyl (C=O) groups excluding carboxylic acids is 1. The van der Waals surface area contributed by atoms with Gasteiger partial charge in [-0.05, 0) is 60.2 Å². The predicted molar refractivity (Wildman–Crippen MR) is 139 cm³/mol. The van der Waals surface area contributed by atoms with Crippen molar-refractivity contribution in [2.45, 2.75) is 44.1 Å². The van der Waals surface area contributed by atoms with E-state index in [0.717, 1.165) is 48.8 Å². The zero-order valence-electron chi connectivity index (χ0n) is 20.1. The van der Waals surface area contributed by atoms with Gasteiger partial charge in [-0.15, -0.1) is 0 Å². The highest BCUT2D eigenvalue weighted by molar-refractivity contribution is 6.30. The lowest BCUT2D eigenvalue weighted by molar-refractivity contribution is -0.134. The number of likely N-dealkylation sites (tertiary alicyclic amines) is 1. The highest BCUT2D eigenvalue weighted by atomic mass is 35.5. The number of halogens is 1. The molecule has 2 heterocycles. The lowest BCUT2D eigenvalue weighted by Gasteiger charge is -2.45. The fourth-order valence-electron chi connectivity index (χ4n) is 5.34. The molecule has 0 bridgehead atoms.